The number of thiazole rings is 1. The van der Waals surface area contributed by atoms with Crippen LogP contribution in [0.3, 0.4) is 0 Å². The number of aryl methyl sites for hydroxylation is 1. The number of furan rings is 1. The minimum Gasteiger partial charge on any atom is -0.477 e. The largest absolute Gasteiger partial charge is 0.477 e. The molecule has 1 atom stereocenters. The summed E-state index contributed by atoms with van der Waals surface area (Å²) < 4.78 is 5.78. The lowest BCUT2D eigenvalue weighted by atomic mass is 10.2. The normalized spacial score (nSPS) is 12.1. The first kappa shape index (κ1) is 15.6. The molecule has 0 saturated carbocycles. The van der Waals surface area contributed by atoms with Crippen molar-refractivity contribution < 1.29 is 19.1 Å². The third-order valence-corrected chi connectivity index (χ3v) is 4.93. The third-order valence-electron chi connectivity index (χ3n) is 2.65. The first-order valence-electron chi connectivity index (χ1n) is 6.13. The number of hydrogen-bond acceptors (Lipinski definition) is 6. The molecule has 21 heavy (non-hydrogen) atoms. The standard InChI is InChI=1S/C13H14N2O4S2/c1-7(9-4-3-5-19-9)14-10(16)6-20-13-15-8(2)11(21-13)12(17)18/h3-5,7H,6H2,1-2H3,(H,14,16)(H,17,18). The minimum atomic E-state index is -0.993. The maximum atomic E-state index is 11.8. The van der Waals surface area contributed by atoms with E-state index in [1.165, 1.54) is 11.8 Å². The van der Waals surface area contributed by atoms with Crippen LogP contribution in [0.15, 0.2) is 27.2 Å². The molecule has 0 saturated heterocycles. The Kier molecular flexibility index (Phi) is 5.03. The van der Waals surface area contributed by atoms with Gasteiger partial charge in [-0.15, -0.1) is 11.3 Å². The van der Waals surface area contributed by atoms with Gasteiger partial charge in [0.05, 0.1) is 23.8 Å². The van der Waals surface area contributed by atoms with Crippen LogP contribution < -0.4 is 5.32 Å². The molecular weight excluding hydrogens is 312 g/mol. The second kappa shape index (κ2) is 6.77. The lowest BCUT2D eigenvalue weighted by molar-refractivity contribution is -0.119. The summed E-state index contributed by atoms with van der Waals surface area (Å²) in [6.07, 6.45) is 1.55. The molecule has 0 aliphatic rings. The quantitative estimate of drug-likeness (QED) is 0.793. The molecule has 0 fully saturated rings. The van der Waals surface area contributed by atoms with Gasteiger partial charge in [0.15, 0.2) is 4.34 Å². The predicted octanol–water partition coefficient (Wildman–Crippen LogP) is 2.71. The highest BCUT2D eigenvalue weighted by atomic mass is 32.2. The number of amides is 1. The molecule has 0 aliphatic heterocycles. The molecule has 0 aliphatic carbocycles. The van der Waals surface area contributed by atoms with E-state index in [9.17, 15) is 9.59 Å². The average Bonchev–Trinajstić information content (AvgIpc) is 3.05. The van der Waals surface area contributed by atoms with Crippen LogP contribution in [0.4, 0.5) is 0 Å². The molecular formula is C13H14N2O4S2. The van der Waals surface area contributed by atoms with Crippen LogP contribution in [-0.2, 0) is 4.79 Å². The van der Waals surface area contributed by atoms with E-state index in [2.05, 4.69) is 10.3 Å². The number of carbonyl (C=O) groups is 2. The van der Waals surface area contributed by atoms with Crippen molar-refractivity contribution in [2.45, 2.75) is 24.2 Å². The topological polar surface area (TPSA) is 92.4 Å². The number of rotatable bonds is 6. The first-order valence-corrected chi connectivity index (χ1v) is 7.94. The van der Waals surface area contributed by atoms with E-state index < -0.39 is 5.97 Å². The Morgan fingerprint density at radius 3 is 2.90 bits per heavy atom. The van der Waals surface area contributed by atoms with Gasteiger partial charge in [-0.25, -0.2) is 9.78 Å². The number of nitrogens with one attached hydrogen (secondary N) is 1. The highest BCUT2D eigenvalue weighted by Gasteiger charge is 2.16. The van der Waals surface area contributed by atoms with Crippen molar-refractivity contribution in [1.29, 1.82) is 0 Å². The van der Waals surface area contributed by atoms with Gasteiger partial charge >= 0.3 is 5.97 Å². The van der Waals surface area contributed by atoms with Gasteiger partial charge in [0, 0.05) is 0 Å². The molecule has 2 heterocycles. The van der Waals surface area contributed by atoms with Gasteiger partial charge in [-0.2, -0.15) is 0 Å². The summed E-state index contributed by atoms with van der Waals surface area (Å²) in [5.41, 5.74) is 0.472. The highest BCUT2D eigenvalue weighted by Crippen LogP contribution is 2.27. The highest BCUT2D eigenvalue weighted by molar-refractivity contribution is 8.01. The van der Waals surface area contributed by atoms with E-state index >= 15 is 0 Å². The van der Waals surface area contributed by atoms with Crippen molar-refractivity contribution in [3.05, 3.63) is 34.7 Å². The molecule has 0 spiro atoms. The monoisotopic (exact) mass is 326 g/mol. The number of carbonyl (C=O) groups excluding carboxylic acids is 1. The van der Waals surface area contributed by atoms with E-state index in [4.69, 9.17) is 9.52 Å². The predicted molar refractivity (Wildman–Crippen MR) is 79.8 cm³/mol. The number of carboxylic acid groups (broad SMARTS) is 1. The Morgan fingerprint density at radius 1 is 1.57 bits per heavy atom. The fourth-order valence-electron chi connectivity index (χ4n) is 1.65. The summed E-state index contributed by atoms with van der Waals surface area (Å²) in [7, 11) is 0. The van der Waals surface area contributed by atoms with Crippen molar-refractivity contribution >= 4 is 35.0 Å². The fraction of sp³-hybridized carbons (Fsp3) is 0.308. The first-order chi connectivity index (χ1) is 9.97. The molecule has 2 aromatic heterocycles. The maximum absolute atomic E-state index is 11.8. The minimum absolute atomic E-state index is 0.159. The van der Waals surface area contributed by atoms with Gasteiger partial charge in [-0.3, -0.25) is 4.79 Å². The summed E-state index contributed by atoms with van der Waals surface area (Å²) in [5.74, 6) is -0.287. The van der Waals surface area contributed by atoms with Crippen LogP contribution in [0.25, 0.3) is 0 Å². The smallest absolute Gasteiger partial charge is 0.347 e. The summed E-state index contributed by atoms with van der Waals surface area (Å²) in [6, 6.07) is 3.35. The number of hydrogen-bond donors (Lipinski definition) is 2. The molecule has 112 valence electrons. The van der Waals surface area contributed by atoms with Gasteiger partial charge in [0.25, 0.3) is 0 Å². The SMILES string of the molecule is Cc1nc(SCC(=O)NC(C)c2ccco2)sc1C(=O)O. The molecule has 2 rings (SSSR count). The zero-order valence-corrected chi connectivity index (χ0v) is 13.1. The Hall–Kier alpha value is -1.80. The summed E-state index contributed by atoms with van der Waals surface area (Å²) in [6.45, 7) is 3.47. The van der Waals surface area contributed by atoms with Gasteiger partial charge < -0.3 is 14.8 Å². The molecule has 8 heteroatoms. The molecule has 1 amide bonds. The van der Waals surface area contributed by atoms with E-state index in [0.29, 0.717) is 15.8 Å². The Bertz CT molecular complexity index is 637. The average molecular weight is 326 g/mol. The van der Waals surface area contributed by atoms with Crippen LogP contribution in [0.1, 0.15) is 34.1 Å². The van der Waals surface area contributed by atoms with Crippen molar-refractivity contribution in [3.8, 4) is 0 Å². The molecule has 0 radical (unpaired) electrons. The second-order valence-electron chi connectivity index (χ2n) is 4.29. The summed E-state index contributed by atoms with van der Waals surface area (Å²) in [4.78, 5) is 27.1. The summed E-state index contributed by atoms with van der Waals surface area (Å²) in [5, 5.41) is 11.8. The van der Waals surface area contributed by atoms with Crippen LogP contribution in [0.5, 0.6) is 0 Å². The van der Waals surface area contributed by atoms with Gasteiger partial charge in [-0.05, 0) is 26.0 Å². The second-order valence-corrected chi connectivity index (χ2v) is 6.51. The zero-order valence-electron chi connectivity index (χ0n) is 11.5. The van der Waals surface area contributed by atoms with Crippen LogP contribution in [0.2, 0.25) is 0 Å². The number of carboxylic acids is 1. The molecule has 6 nitrogen and oxygen atoms in total. The van der Waals surface area contributed by atoms with E-state index in [1.807, 2.05) is 6.92 Å². The number of thioether (sulfide) groups is 1. The van der Waals surface area contributed by atoms with Crippen molar-refractivity contribution in [2.75, 3.05) is 5.75 Å². The van der Waals surface area contributed by atoms with Crippen molar-refractivity contribution in [1.82, 2.24) is 10.3 Å². The van der Waals surface area contributed by atoms with E-state index in [0.717, 1.165) is 11.3 Å². The van der Waals surface area contributed by atoms with Crippen LogP contribution in [0, 0.1) is 6.92 Å². The summed E-state index contributed by atoms with van der Waals surface area (Å²) >= 11 is 2.30. The Morgan fingerprint density at radius 2 is 2.33 bits per heavy atom. The van der Waals surface area contributed by atoms with Gasteiger partial charge in [0.2, 0.25) is 5.91 Å². The Labute approximate surface area is 129 Å². The molecule has 0 bridgehead atoms. The zero-order chi connectivity index (χ0) is 15.4. The molecule has 0 aromatic carbocycles. The van der Waals surface area contributed by atoms with E-state index in [1.54, 1.807) is 25.3 Å². The lowest BCUT2D eigenvalue weighted by Gasteiger charge is -2.10. The Balaban J connectivity index is 1.86. The van der Waals surface area contributed by atoms with Crippen LogP contribution >= 0.6 is 23.1 Å². The number of aromatic nitrogens is 1. The van der Waals surface area contributed by atoms with Gasteiger partial charge in [0.1, 0.15) is 10.6 Å². The molecule has 1 unspecified atom stereocenters. The van der Waals surface area contributed by atoms with Crippen molar-refractivity contribution in [2.24, 2.45) is 0 Å². The van der Waals surface area contributed by atoms with E-state index in [-0.39, 0.29) is 22.6 Å². The fourth-order valence-corrected chi connectivity index (χ4v) is 3.49. The third kappa shape index (κ3) is 4.08. The molecule has 2 N–H and O–H groups in total. The number of aromatic carboxylic acids is 1. The van der Waals surface area contributed by atoms with Crippen molar-refractivity contribution in [3.63, 3.8) is 0 Å². The number of nitrogens with zero attached hydrogens (tertiary/aromatic N) is 1. The lowest BCUT2D eigenvalue weighted by Crippen LogP contribution is -2.27. The maximum Gasteiger partial charge on any atom is 0.347 e. The molecule has 2 aromatic rings. The van der Waals surface area contributed by atoms with Gasteiger partial charge in [-0.1, -0.05) is 11.8 Å². The van der Waals surface area contributed by atoms with Crippen LogP contribution in [-0.4, -0.2) is 27.7 Å².